The van der Waals surface area contributed by atoms with Crippen LogP contribution >= 0.6 is 0 Å². The average molecular weight is 758 g/mol. The zero-order chi connectivity index (χ0) is 39.6. The number of carboxylic acid groups (broad SMARTS) is 3. The molecule has 0 radical (unpaired) electrons. The minimum absolute atomic E-state index is 0.350. The van der Waals surface area contributed by atoms with Crippen LogP contribution in [0.25, 0.3) is 22.3 Å². The first-order chi connectivity index (χ1) is 23.9. The largest absolute Gasteiger partial charge is 0.490 e. The molecule has 4 aromatic heterocycles. The van der Waals surface area contributed by atoms with E-state index in [0.29, 0.717) is 12.0 Å². The van der Waals surface area contributed by atoms with Crippen molar-refractivity contribution < 1.29 is 69.2 Å². The summed E-state index contributed by atoms with van der Waals surface area (Å²) in [6, 6.07) is 6.79. The lowest BCUT2D eigenvalue weighted by atomic mass is 9.92. The molecule has 0 amide bonds. The van der Waals surface area contributed by atoms with Gasteiger partial charge in [0.2, 0.25) is 0 Å². The van der Waals surface area contributed by atoms with Gasteiger partial charge in [0.05, 0.1) is 18.0 Å². The number of imidazole rings is 1. The summed E-state index contributed by atoms with van der Waals surface area (Å²) >= 11 is 0. The van der Waals surface area contributed by atoms with Gasteiger partial charge >= 0.3 is 36.4 Å². The maximum atomic E-state index is 10.6. The quantitative estimate of drug-likeness (QED) is 0.201. The third-order valence-electron chi connectivity index (χ3n) is 6.98. The van der Waals surface area contributed by atoms with Crippen LogP contribution in [0.5, 0.6) is 0 Å². The molecule has 22 heteroatoms. The van der Waals surface area contributed by atoms with Gasteiger partial charge in [-0.3, -0.25) is 14.6 Å². The highest BCUT2D eigenvalue weighted by molar-refractivity contribution is 5.90. The van der Waals surface area contributed by atoms with E-state index in [2.05, 4.69) is 45.5 Å². The maximum Gasteiger partial charge on any atom is 0.490 e. The van der Waals surface area contributed by atoms with Crippen LogP contribution in [-0.2, 0) is 28.0 Å². The molecule has 1 aliphatic rings. The molecule has 0 saturated carbocycles. The number of rotatable bonds is 5. The van der Waals surface area contributed by atoms with Gasteiger partial charge in [0.1, 0.15) is 11.2 Å². The van der Waals surface area contributed by atoms with Crippen molar-refractivity contribution in [1.29, 1.82) is 0 Å². The number of aryl methyl sites for hydroxylation is 1. The lowest BCUT2D eigenvalue weighted by Crippen LogP contribution is -2.32. The molecule has 0 unspecified atom stereocenters. The van der Waals surface area contributed by atoms with Crippen molar-refractivity contribution >= 4 is 28.9 Å². The number of carbonyl (C=O) groups is 3. The third-order valence-corrected chi connectivity index (χ3v) is 6.98. The van der Waals surface area contributed by atoms with E-state index in [9.17, 15) is 39.5 Å². The van der Waals surface area contributed by atoms with Crippen LogP contribution in [0.4, 0.5) is 39.5 Å². The molecule has 0 atom stereocenters. The van der Waals surface area contributed by atoms with E-state index in [1.165, 1.54) is 11.3 Å². The predicted octanol–water partition coefficient (Wildman–Crippen LogP) is 6.09. The van der Waals surface area contributed by atoms with Crippen molar-refractivity contribution in [1.82, 2.24) is 34.2 Å². The van der Waals surface area contributed by atoms with E-state index < -0.39 is 36.4 Å². The Morgan fingerprint density at radius 2 is 1.40 bits per heavy atom. The molecule has 5 heterocycles. The number of pyridine rings is 2. The molecule has 4 aromatic rings. The molecule has 5 rings (SSSR count). The van der Waals surface area contributed by atoms with Crippen LogP contribution in [0.3, 0.4) is 0 Å². The molecule has 1 aliphatic heterocycles. The van der Waals surface area contributed by atoms with Crippen molar-refractivity contribution in [2.45, 2.75) is 63.7 Å². The van der Waals surface area contributed by atoms with Crippen LogP contribution in [0.1, 0.15) is 49.9 Å². The lowest BCUT2D eigenvalue weighted by molar-refractivity contribution is -0.193. The zero-order valence-electron chi connectivity index (χ0n) is 27.4. The number of halogens is 9. The van der Waals surface area contributed by atoms with Crippen LogP contribution in [-0.4, -0.2) is 99.0 Å². The standard InChI is InChI=1S/C24H29N7.3C2HF3O2/c1-17(2)31-16-26-24-22(31)11-21(28-23(24)20-13-27-29(3)15-20)19-6-9-30(10-7-19)14-18-5-4-8-25-12-18;3*3-2(4,5)1(6)7/h4-5,8,11-13,15-17,19H,6-7,9-10,14H2,1-3H3;3*(H,6,7). The Kier molecular flexibility index (Phi) is 14.7. The zero-order valence-corrected chi connectivity index (χ0v) is 27.4. The van der Waals surface area contributed by atoms with Gasteiger partial charge in [-0.15, -0.1) is 0 Å². The van der Waals surface area contributed by atoms with Gasteiger partial charge in [0.15, 0.2) is 0 Å². The Balaban J connectivity index is 0.000000365. The number of piperidine rings is 1. The molecule has 3 N–H and O–H groups in total. The van der Waals surface area contributed by atoms with E-state index in [0.717, 1.165) is 54.8 Å². The highest BCUT2D eigenvalue weighted by Crippen LogP contribution is 2.34. The molecule has 0 bridgehead atoms. The van der Waals surface area contributed by atoms with Gasteiger partial charge in [-0.1, -0.05) is 6.07 Å². The second-order valence-electron chi connectivity index (χ2n) is 11.2. The summed E-state index contributed by atoms with van der Waals surface area (Å²) in [6.45, 7) is 7.51. The van der Waals surface area contributed by atoms with Crippen molar-refractivity contribution in [3.05, 3.63) is 60.6 Å². The number of aliphatic carboxylic acids is 3. The van der Waals surface area contributed by atoms with Crippen LogP contribution in [0.2, 0.25) is 0 Å². The molecule has 1 fully saturated rings. The molecule has 0 aliphatic carbocycles. The van der Waals surface area contributed by atoms with E-state index in [1.807, 2.05) is 48.9 Å². The number of hydrogen-bond acceptors (Lipinski definition) is 8. The summed E-state index contributed by atoms with van der Waals surface area (Å²) in [5.74, 6) is -7.81. The van der Waals surface area contributed by atoms with Crippen LogP contribution in [0.15, 0.2) is 49.3 Å². The SMILES string of the molecule is CC(C)n1cnc2c(-c3cnn(C)c3)nc(C3CCN(Cc4cccnc4)CC3)cc21.O=C(O)C(F)(F)F.O=C(O)C(F)(F)F.O=C(O)C(F)(F)F. The molecule has 0 aromatic carbocycles. The summed E-state index contributed by atoms with van der Waals surface area (Å²) in [6.07, 6.45) is -3.37. The predicted molar refractivity (Wildman–Crippen MR) is 163 cm³/mol. The fraction of sp³-hybridized carbons (Fsp3) is 0.433. The minimum Gasteiger partial charge on any atom is -0.475 e. The first-order valence-electron chi connectivity index (χ1n) is 14.8. The number of alkyl halides is 9. The third kappa shape index (κ3) is 13.1. The molecule has 13 nitrogen and oxygen atoms in total. The van der Waals surface area contributed by atoms with Crippen molar-refractivity contribution in [3.63, 3.8) is 0 Å². The smallest absolute Gasteiger partial charge is 0.475 e. The monoisotopic (exact) mass is 757 g/mol. The van der Waals surface area contributed by atoms with Crippen molar-refractivity contribution in [3.8, 4) is 11.3 Å². The molecule has 0 spiro atoms. The van der Waals surface area contributed by atoms with Gasteiger partial charge in [-0.2, -0.15) is 44.6 Å². The average Bonchev–Trinajstić information content (AvgIpc) is 3.67. The van der Waals surface area contributed by atoms with Gasteiger partial charge in [-0.05, 0) is 57.5 Å². The maximum absolute atomic E-state index is 10.6. The summed E-state index contributed by atoms with van der Waals surface area (Å²) in [4.78, 5) is 43.3. The van der Waals surface area contributed by atoms with Crippen LogP contribution < -0.4 is 0 Å². The lowest BCUT2D eigenvalue weighted by Gasteiger charge is -2.31. The first kappa shape index (κ1) is 42.9. The molecule has 1 saturated heterocycles. The Bertz CT molecular complexity index is 1720. The molecule has 286 valence electrons. The molecule has 52 heavy (non-hydrogen) atoms. The highest BCUT2D eigenvalue weighted by atomic mass is 19.4. The highest BCUT2D eigenvalue weighted by Gasteiger charge is 2.39. The van der Waals surface area contributed by atoms with E-state index in [4.69, 9.17) is 39.7 Å². The summed E-state index contributed by atoms with van der Waals surface area (Å²) in [7, 11) is 1.94. The van der Waals surface area contributed by atoms with E-state index >= 15 is 0 Å². The molecular weight excluding hydrogens is 725 g/mol. The number of aromatic nitrogens is 6. The fourth-order valence-corrected chi connectivity index (χ4v) is 4.55. The number of hydrogen-bond donors (Lipinski definition) is 3. The number of carboxylic acids is 3. The number of likely N-dealkylation sites (tertiary alicyclic amines) is 1. The van der Waals surface area contributed by atoms with Gasteiger partial charge in [0, 0.05) is 55.4 Å². The van der Waals surface area contributed by atoms with Gasteiger partial charge in [0.25, 0.3) is 0 Å². The van der Waals surface area contributed by atoms with Crippen molar-refractivity contribution in [2.75, 3.05) is 13.1 Å². The second-order valence-corrected chi connectivity index (χ2v) is 11.2. The van der Waals surface area contributed by atoms with E-state index in [-0.39, 0.29) is 0 Å². The normalized spacial score (nSPS) is 14.0. The Labute approximate surface area is 288 Å². The minimum atomic E-state index is -5.08. The van der Waals surface area contributed by atoms with E-state index in [1.54, 1.807) is 0 Å². The second kappa shape index (κ2) is 17.8. The molecular formula is C30H32F9N7O6. The summed E-state index contributed by atoms with van der Waals surface area (Å²) in [5.41, 5.74) is 6.54. The Morgan fingerprint density at radius 3 is 1.81 bits per heavy atom. The Morgan fingerprint density at radius 1 is 0.885 bits per heavy atom. The number of fused-ring (bicyclic) bond motifs is 1. The summed E-state index contributed by atoms with van der Waals surface area (Å²) in [5, 5.41) is 25.7. The number of nitrogens with zero attached hydrogens (tertiary/aromatic N) is 7. The van der Waals surface area contributed by atoms with Crippen molar-refractivity contribution in [2.24, 2.45) is 7.05 Å². The topological polar surface area (TPSA) is 177 Å². The van der Waals surface area contributed by atoms with Gasteiger partial charge < -0.3 is 19.9 Å². The Hall–Kier alpha value is -5.28. The summed E-state index contributed by atoms with van der Waals surface area (Å²) < 4.78 is 99.3. The van der Waals surface area contributed by atoms with Gasteiger partial charge in [-0.25, -0.2) is 24.4 Å². The first-order valence-corrected chi connectivity index (χ1v) is 14.8. The fourth-order valence-electron chi connectivity index (χ4n) is 4.55. The van der Waals surface area contributed by atoms with Crippen LogP contribution in [0, 0.1) is 0 Å².